The summed E-state index contributed by atoms with van der Waals surface area (Å²) < 4.78 is 37.6. The summed E-state index contributed by atoms with van der Waals surface area (Å²) in [6, 6.07) is 13.3. The summed E-state index contributed by atoms with van der Waals surface area (Å²) in [5, 5.41) is 26.3. The van der Waals surface area contributed by atoms with Crippen LogP contribution in [0.3, 0.4) is 0 Å². The molecule has 1 saturated carbocycles. The van der Waals surface area contributed by atoms with Crippen molar-refractivity contribution >= 4 is 28.6 Å². The lowest BCUT2D eigenvalue weighted by molar-refractivity contribution is -0.192. The number of nitrogens with one attached hydrogen (secondary N) is 1. The number of carboxylic acids is 2. The first-order valence-corrected chi connectivity index (χ1v) is 11.5. The maximum absolute atomic E-state index is 12.8. The Hall–Kier alpha value is -4.37. The van der Waals surface area contributed by atoms with Crippen LogP contribution in [0.4, 0.5) is 13.2 Å². The van der Waals surface area contributed by atoms with E-state index in [2.05, 4.69) is 11.1 Å². The number of ether oxygens (including phenoxy) is 1. The molecule has 2 aromatic carbocycles. The normalized spacial score (nSPS) is 17.7. The number of aliphatic carboxylic acids is 1. The Balaban J connectivity index is 0.000000505. The molecule has 9 nitrogen and oxygen atoms in total. The summed E-state index contributed by atoms with van der Waals surface area (Å²) in [5.41, 5.74) is 8.25. The number of alkyl halides is 3. The average Bonchev–Trinajstić information content (AvgIpc) is 3.50. The number of aromatic nitrogens is 1. The Morgan fingerprint density at radius 1 is 1.11 bits per heavy atom. The summed E-state index contributed by atoms with van der Waals surface area (Å²) in [6.45, 7) is 0. The van der Waals surface area contributed by atoms with Crippen LogP contribution in [-0.2, 0) is 16.0 Å². The highest BCUT2D eigenvalue weighted by molar-refractivity contribution is 5.90. The number of carboxylic acid groups (broad SMARTS) is 2. The zero-order valence-corrected chi connectivity index (χ0v) is 19.9. The van der Waals surface area contributed by atoms with Crippen molar-refractivity contribution in [2.45, 2.75) is 37.9 Å². The minimum Gasteiger partial charge on any atom is -0.478 e. The minimum absolute atomic E-state index is 0.0377. The first-order valence-electron chi connectivity index (χ1n) is 11.5. The molecule has 38 heavy (non-hydrogen) atoms. The number of hydrogen-bond acceptors (Lipinski definition) is 6. The van der Waals surface area contributed by atoms with Crippen molar-refractivity contribution in [2.24, 2.45) is 17.6 Å². The molecule has 1 aliphatic rings. The Labute approximate surface area is 214 Å². The molecule has 1 fully saturated rings. The fourth-order valence-corrected chi connectivity index (χ4v) is 4.26. The lowest BCUT2D eigenvalue weighted by atomic mass is 9.87. The van der Waals surface area contributed by atoms with Crippen molar-refractivity contribution in [1.29, 1.82) is 5.26 Å². The maximum Gasteiger partial charge on any atom is 0.490 e. The van der Waals surface area contributed by atoms with Gasteiger partial charge in [-0.05, 0) is 67.3 Å². The molecule has 3 atom stereocenters. The smallest absolute Gasteiger partial charge is 0.478 e. The predicted octanol–water partition coefficient (Wildman–Crippen LogP) is 4.67. The van der Waals surface area contributed by atoms with E-state index in [9.17, 15) is 28.0 Å². The second-order valence-electron chi connectivity index (χ2n) is 8.74. The number of aromatic amines is 1. The van der Waals surface area contributed by atoms with E-state index in [1.807, 2.05) is 24.4 Å². The van der Waals surface area contributed by atoms with Crippen LogP contribution in [0.5, 0.6) is 11.5 Å². The van der Waals surface area contributed by atoms with Crippen molar-refractivity contribution in [3.63, 3.8) is 0 Å². The number of rotatable bonds is 7. The monoisotopic (exact) mass is 531 g/mol. The number of hydrogen-bond donors (Lipinski definition) is 4. The second-order valence-corrected chi connectivity index (χ2v) is 8.74. The Bertz CT molecular complexity index is 1360. The first-order chi connectivity index (χ1) is 17.9. The summed E-state index contributed by atoms with van der Waals surface area (Å²) >= 11 is 0. The van der Waals surface area contributed by atoms with Crippen LogP contribution in [0.2, 0.25) is 0 Å². The highest BCUT2D eigenvalue weighted by Gasteiger charge is 2.38. The van der Waals surface area contributed by atoms with Crippen LogP contribution < -0.4 is 10.5 Å². The van der Waals surface area contributed by atoms with Crippen molar-refractivity contribution in [1.82, 2.24) is 4.98 Å². The van der Waals surface area contributed by atoms with Gasteiger partial charge in [-0.3, -0.25) is 4.79 Å². The molecule has 3 unspecified atom stereocenters. The third kappa shape index (κ3) is 6.89. The molecule has 12 heteroatoms. The van der Waals surface area contributed by atoms with Gasteiger partial charge in [0.25, 0.3) is 0 Å². The number of nitrogens with zero attached hydrogens (tertiary/aromatic N) is 1. The minimum atomic E-state index is -5.08. The second kappa shape index (κ2) is 11.8. The van der Waals surface area contributed by atoms with Gasteiger partial charge in [0.1, 0.15) is 11.5 Å². The quantitative estimate of drug-likeness (QED) is 0.341. The largest absolute Gasteiger partial charge is 0.490 e. The Morgan fingerprint density at radius 3 is 2.32 bits per heavy atom. The van der Waals surface area contributed by atoms with Gasteiger partial charge in [-0.2, -0.15) is 18.4 Å². The van der Waals surface area contributed by atoms with Crippen LogP contribution in [-0.4, -0.2) is 45.1 Å². The van der Waals surface area contributed by atoms with Gasteiger partial charge >= 0.3 is 18.1 Å². The zero-order chi connectivity index (χ0) is 28.0. The summed E-state index contributed by atoms with van der Waals surface area (Å²) in [6.07, 6.45) is -0.468. The number of fused-ring (bicyclic) bond motifs is 1. The van der Waals surface area contributed by atoms with Gasteiger partial charge in [-0.25, -0.2) is 9.59 Å². The third-order valence-corrected chi connectivity index (χ3v) is 6.17. The summed E-state index contributed by atoms with van der Waals surface area (Å²) in [7, 11) is 0. The number of halogens is 3. The Morgan fingerprint density at radius 2 is 1.74 bits per heavy atom. The number of carbonyl (C=O) groups excluding carboxylic acids is 1. The van der Waals surface area contributed by atoms with Crippen molar-refractivity contribution in [3.05, 3.63) is 59.8 Å². The topological polar surface area (TPSA) is 166 Å². The molecule has 3 aromatic rings. The molecule has 0 saturated heterocycles. The van der Waals surface area contributed by atoms with Crippen molar-refractivity contribution < 1.29 is 42.5 Å². The number of H-pyrrole nitrogens is 1. The van der Waals surface area contributed by atoms with Crippen LogP contribution in [0.15, 0.2) is 48.7 Å². The molecular weight excluding hydrogens is 507 g/mol. The third-order valence-electron chi connectivity index (χ3n) is 6.17. The summed E-state index contributed by atoms with van der Waals surface area (Å²) in [4.78, 5) is 35.9. The molecule has 0 bridgehead atoms. The number of ketones is 1. The standard InChI is InChI=1S/C24H23N3O4.C2HF3O2/c25-12-15-2-1-3-19(15)23(28)21(26)10-16-13-27-22-9-8-18(11-20(16)22)31-17-6-4-14(5-7-17)24(29)30;3-2(4,5)1(6)7/h4-9,11,13,15,19,21,27H,1-3,10,26H2,(H,29,30);(H,6,7). The molecular formula is C26H24F3N3O6. The maximum atomic E-state index is 12.8. The van der Waals surface area contributed by atoms with Gasteiger partial charge < -0.3 is 25.7 Å². The van der Waals surface area contributed by atoms with Gasteiger partial charge in [-0.15, -0.1) is 0 Å². The van der Waals surface area contributed by atoms with E-state index in [1.165, 1.54) is 12.1 Å². The number of aromatic carboxylic acids is 1. The van der Waals surface area contributed by atoms with E-state index in [-0.39, 0.29) is 23.2 Å². The van der Waals surface area contributed by atoms with Gasteiger partial charge in [0, 0.05) is 23.0 Å². The van der Waals surface area contributed by atoms with Crippen LogP contribution >= 0.6 is 0 Å². The van der Waals surface area contributed by atoms with E-state index in [0.29, 0.717) is 17.9 Å². The van der Waals surface area contributed by atoms with E-state index >= 15 is 0 Å². The van der Waals surface area contributed by atoms with Crippen LogP contribution in [0, 0.1) is 23.2 Å². The van der Waals surface area contributed by atoms with Gasteiger partial charge in [0.05, 0.1) is 23.6 Å². The molecule has 200 valence electrons. The van der Waals surface area contributed by atoms with E-state index in [0.717, 1.165) is 35.7 Å². The predicted molar refractivity (Wildman–Crippen MR) is 129 cm³/mol. The van der Waals surface area contributed by atoms with Gasteiger partial charge in [-0.1, -0.05) is 6.42 Å². The number of benzene rings is 2. The van der Waals surface area contributed by atoms with Gasteiger partial charge in [0.15, 0.2) is 5.78 Å². The Kier molecular flexibility index (Phi) is 8.75. The van der Waals surface area contributed by atoms with E-state index < -0.39 is 24.2 Å². The lowest BCUT2D eigenvalue weighted by Gasteiger charge is -2.17. The molecule has 0 spiro atoms. The highest BCUT2D eigenvalue weighted by Crippen LogP contribution is 2.33. The number of nitriles is 1. The SMILES string of the molecule is N#CC1CCCC1C(=O)C(N)Cc1c[nH]c2ccc(Oc3ccc(C(=O)O)cc3)cc12.O=C(O)C(F)(F)F. The van der Waals surface area contributed by atoms with Crippen molar-refractivity contribution in [3.8, 4) is 17.6 Å². The molecule has 4 rings (SSSR count). The first kappa shape index (κ1) is 28.2. The zero-order valence-electron chi connectivity index (χ0n) is 19.9. The fraction of sp³-hybridized carbons (Fsp3) is 0.308. The average molecular weight is 531 g/mol. The van der Waals surface area contributed by atoms with Crippen LogP contribution in [0.1, 0.15) is 35.2 Å². The number of nitrogens with two attached hydrogens (primary N) is 1. The van der Waals surface area contributed by atoms with Gasteiger partial charge in [0.2, 0.25) is 0 Å². The molecule has 1 aliphatic carbocycles. The number of Topliss-reactive ketones (excluding diaryl/α,β-unsaturated/α-hetero) is 1. The van der Waals surface area contributed by atoms with Crippen molar-refractivity contribution in [2.75, 3.05) is 0 Å². The lowest BCUT2D eigenvalue weighted by Crippen LogP contribution is -2.38. The highest BCUT2D eigenvalue weighted by atomic mass is 19.4. The van der Waals surface area contributed by atoms with E-state index in [1.54, 1.807) is 12.1 Å². The molecule has 1 aromatic heterocycles. The number of carbonyl (C=O) groups is 3. The van der Waals surface area contributed by atoms with Crippen LogP contribution in [0.25, 0.3) is 10.9 Å². The molecule has 5 N–H and O–H groups in total. The molecule has 0 radical (unpaired) electrons. The fourth-order valence-electron chi connectivity index (χ4n) is 4.26. The molecule has 1 heterocycles. The summed E-state index contributed by atoms with van der Waals surface area (Å²) in [5.74, 6) is -3.16. The molecule has 0 amide bonds. The van der Waals surface area contributed by atoms with E-state index in [4.69, 9.17) is 25.5 Å². The molecule has 0 aliphatic heterocycles.